The Morgan fingerprint density at radius 2 is 2.32 bits per heavy atom. The van der Waals surface area contributed by atoms with Crippen LogP contribution in [0, 0.1) is 5.92 Å². The summed E-state index contributed by atoms with van der Waals surface area (Å²) in [6.45, 7) is 6.13. The second-order valence-corrected chi connectivity index (χ2v) is 6.76. The lowest BCUT2D eigenvalue weighted by Crippen LogP contribution is -2.32. The first kappa shape index (κ1) is 16.7. The van der Waals surface area contributed by atoms with Crippen molar-refractivity contribution in [3.63, 3.8) is 0 Å². The van der Waals surface area contributed by atoms with Crippen molar-refractivity contribution in [3.05, 3.63) is 30.2 Å². The minimum atomic E-state index is -3.83. The predicted octanol–water partition coefficient (Wildman–Crippen LogP) is 1.41. The third-order valence-electron chi connectivity index (χ3n) is 3.62. The molecule has 1 saturated heterocycles. The summed E-state index contributed by atoms with van der Waals surface area (Å²) in [6.07, 6.45) is 2.51. The Bertz CT molecular complexity index is 663. The number of nitrogens with one attached hydrogen (secondary N) is 1. The van der Waals surface area contributed by atoms with Crippen molar-refractivity contribution in [2.75, 3.05) is 13.2 Å². The van der Waals surface area contributed by atoms with Crippen LogP contribution in [0.1, 0.15) is 29.7 Å². The molecule has 1 aliphatic rings. The number of rotatable bonds is 7. The van der Waals surface area contributed by atoms with E-state index < -0.39 is 16.0 Å². The maximum atomic E-state index is 12.4. The minimum absolute atomic E-state index is 0.0168. The fraction of sp³-hybridized carbons (Fsp3) is 0.500. The maximum absolute atomic E-state index is 12.4. The Morgan fingerprint density at radius 3 is 2.91 bits per heavy atom. The summed E-state index contributed by atoms with van der Waals surface area (Å²) in [6, 6.07) is 1.04. The van der Waals surface area contributed by atoms with Crippen molar-refractivity contribution in [3.8, 4) is 0 Å². The topological polar surface area (TPSA) is 106 Å². The molecule has 0 amide bonds. The summed E-state index contributed by atoms with van der Waals surface area (Å²) in [5.74, 6) is -1.53. The molecule has 0 aromatic carbocycles. The summed E-state index contributed by atoms with van der Waals surface area (Å²) in [7, 11) is -3.83. The summed E-state index contributed by atoms with van der Waals surface area (Å²) in [5.41, 5.74) is 0. The zero-order chi connectivity index (χ0) is 16.3. The van der Waals surface area contributed by atoms with Gasteiger partial charge in [-0.05, 0) is 6.42 Å². The van der Waals surface area contributed by atoms with Gasteiger partial charge in [0.1, 0.15) is 10.7 Å². The zero-order valence-corrected chi connectivity index (χ0v) is 13.1. The van der Waals surface area contributed by atoms with E-state index in [-0.39, 0.29) is 41.4 Å². The molecule has 122 valence electrons. The third kappa shape index (κ3) is 3.40. The van der Waals surface area contributed by atoms with Crippen molar-refractivity contribution in [2.24, 2.45) is 5.92 Å². The maximum Gasteiger partial charge on any atom is 0.371 e. The van der Waals surface area contributed by atoms with Gasteiger partial charge in [-0.25, -0.2) is 17.9 Å². The number of carbonyl (C=O) groups is 1. The highest BCUT2D eigenvalue weighted by Crippen LogP contribution is 2.24. The number of carboxylic acid groups (broad SMARTS) is 1. The molecule has 2 heterocycles. The number of furan rings is 1. The van der Waals surface area contributed by atoms with E-state index in [0.29, 0.717) is 6.61 Å². The largest absolute Gasteiger partial charge is 0.475 e. The van der Waals surface area contributed by atoms with Gasteiger partial charge in [0.15, 0.2) is 0 Å². The Hall–Kier alpha value is -1.64. The van der Waals surface area contributed by atoms with Gasteiger partial charge in [-0.15, -0.1) is 6.58 Å². The molecule has 22 heavy (non-hydrogen) atoms. The number of ether oxygens (including phenoxy) is 1. The van der Waals surface area contributed by atoms with Gasteiger partial charge in [0.05, 0.1) is 6.10 Å². The molecule has 2 N–H and O–H groups in total. The van der Waals surface area contributed by atoms with Crippen molar-refractivity contribution in [2.45, 2.75) is 30.8 Å². The molecule has 1 aliphatic heterocycles. The highest BCUT2D eigenvalue weighted by atomic mass is 32.2. The van der Waals surface area contributed by atoms with E-state index in [0.717, 1.165) is 12.5 Å². The van der Waals surface area contributed by atoms with E-state index >= 15 is 0 Å². The van der Waals surface area contributed by atoms with Crippen molar-refractivity contribution < 1.29 is 27.5 Å². The smallest absolute Gasteiger partial charge is 0.371 e. The number of aryl methyl sites for hydroxylation is 1. The molecule has 0 spiro atoms. The van der Waals surface area contributed by atoms with Gasteiger partial charge in [0.2, 0.25) is 15.8 Å². The van der Waals surface area contributed by atoms with Gasteiger partial charge in [-0.2, -0.15) is 0 Å². The van der Waals surface area contributed by atoms with E-state index in [1.165, 1.54) is 0 Å². The molecule has 0 bridgehead atoms. The highest BCUT2D eigenvalue weighted by Gasteiger charge is 2.29. The molecule has 1 fully saturated rings. The number of sulfonamides is 1. The molecule has 0 aliphatic carbocycles. The first-order valence-corrected chi connectivity index (χ1v) is 8.47. The van der Waals surface area contributed by atoms with Crippen LogP contribution in [0.2, 0.25) is 0 Å². The van der Waals surface area contributed by atoms with E-state index in [2.05, 4.69) is 11.3 Å². The second-order valence-electron chi connectivity index (χ2n) is 5.03. The standard InChI is InChI=1S/C14H19NO6S/c1-3-10-9(5-6-20-10)8-15-22(18,19)13-7-12(14(16)17)21-11(13)4-2/h3,7,9-10,15H,1,4-6,8H2,2H3,(H,16,17)/t9-,10-/m0/s1. The average molecular weight is 329 g/mol. The van der Waals surface area contributed by atoms with Crippen LogP contribution in [0.15, 0.2) is 28.0 Å². The van der Waals surface area contributed by atoms with Crippen molar-refractivity contribution in [1.82, 2.24) is 4.72 Å². The van der Waals surface area contributed by atoms with Gasteiger partial charge in [-0.3, -0.25) is 0 Å². The lowest BCUT2D eigenvalue weighted by atomic mass is 10.0. The van der Waals surface area contributed by atoms with Crippen LogP contribution in [0.4, 0.5) is 0 Å². The quantitative estimate of drug-likeness (QED) is 0.733. The van der Waals surface area contributed by atoms with Crippen LogP contribution < -0.4 is 4.72 Å². The molecular weight excluding hydrogens is 310 g/mol. The molecule has 2 atom stereocenters. The second kappa shape index (κ2) is 6.64. The van der Waals surface area contributed by atoms with Gasteiger partial charge >= 0.3 is 5.97 Å². The summed E-state index contributed by atoms with van der Waals surface area (Å²) >= 11 is 0. The van der Waals surface area contributed by atoms with Crippen LogP contribution in [0.3, 0.4) is 0 Å². The van der Waals surface area contributed by atoms with Crippen LogP contribution in [-0.4, -0.2) is 38.7 Å². The molecule has 2 rings (SSSR count). The number of carboxylic acids is 1. The van der Waals surface area contributed by atoms with Gasteiger partial charge in [0.25, 0.3) is 0 Å². The normalized spacial score (nSPS) is 21.9. The van der Waals surface area contributed by atoms with Gasteiger partial charge < -0.3 is 14.3 Å². The van der Waals surface area contributed by atoms with Crippen molar-refractivity contribution in [1.29, 1.82) is 0 Å². The molecular formula is C14H19NO6S. The minimum Gasteiger partial charge on any atom is -0.475 e. The lowest BCUT2D eigenvalue weighted by Gasteiger charge is -2.15. The summed E-state index contributed by atoms with van der Waals surface area (Å²) in [4.78, 5) is 10.8. The van der Waals surface area contributed by atoms with E-state index in [1.54, 1.807) is 13.0 Å². The Morgan fingerprint density at radius 1 is 1.59 bits per heavy atom. The Labute approximate surface area is 129 Å². The van der Waals surface area contributed by atoms with E-state index in [4.69, 9.17) is 14.3 Å². The number of aromatic carboxylic acids is 1. The van der Waals surface area contributed by atoms with E-state index in [1.807, 2.05) is 0 Å². The molecule has 0 saturated carbocycles. The molecule has 1 aromatic heterocycles. The van der Waals surface area contributed by atoms with Crippen LogP contribution in [-0.2, 0) is 21.2 Å². The molecule has 7 nitrogen and oxygen atoms in total. The molecule has 1 aromatic rings. The first-order valence-electron chi connectivity index (χ1n) is 6.98. The van der Waals surface area contributed by atoms with Crippen molar-refractivity contribution >= 4 is 16.0 Å². The predicted molar refractivity (Wildman–Crippen MR) is 78.3 cm³/mol. The Balaban J connectivity index is 2.16. The highest BCUT2D eigenvalue weighted by molar-refractivity contribution is 7.89. The molecule has 8 heteroatoms. The van der Waals surface area contributed by atoms with Gasteiger partial charge in [0, 0.05) is 31.6 Å². The van der Waals surface area contributed by atoms with Gasteiger partial charge in [-0.1, -0.05) is 13.0 Å². The fourth-order valence-corrected chi connectivity index (χ4v) is 3.76. The number of hydrogen-bond acceptors (Lipinski definition) is 5. The van der Waals surface area contributed by atoms with Crippen LogP contribution >= 0.6 is 0 Å². The Kier molecular flexibility index (Phi) is 5.05. The zero-order valence-electron chi connectivity index (χ0n) is 12.2. The third-order valence-corrected chi connectivity index (χ3v) is 5.09. The average Bonchev–Trinajstić information content (AvgIpc) is 3.11. The van der Waals surface area contributed by atoms with E-state index in [9.17, 15) is 13.2 Å². The summed E-state index contributed by atoms with van der Waals surface area (Å²) in [5, 5.41) is 8.92. The monoisotopic (exact) mass is 329 g/mol. The van der Waals surface area contributed by atoms with Crippen LogP contribution in [0.5, 0.6) is 0 Å². The lowest BCUT2D eigenvalue weighted by molar-refractivity contribution is 0.0660. The SMILES string of the molecule is C=C[C@@H]1OCC[C@H]1CNS(=O)(=O)c1cc(C(=O)O)oc1CC. The first-order chi connectivity index (χ1) is 10.4. The number of hydrogen-bond donors (Lipinski definition) is 2. The molecule has 0 radical (unpaired) electrons. The fourth-order valence-electron chi connectivity index (χ4n) is 2.42. The molecule has 0 unspecified atom stereocenters. The summed E-state index contributed by atoms with van der Waals surface area (Å²) < 4.78 is 37.7. The van der Waals surface area contributed by atoms with Crippen LogP contribution in [0.25, 0.3) is 0 Å².